The maximum absolute atomic E-state index is 12.5. The second kappa shape index (κ2) is 7.49. The molecule has 0 aliphatic rings. The summed E-state index contributed by atoms with van der Waals surface area (Å²) in [4.78, 5) is 18.3. The Bertz CT molecular complexity index is 1030. The molecule has 11 heteroatoms. The molecule has 0 saturated heterocycles. The molecule has 1 N–H and O–H groups in total. The number of hydrogen-bond donors (Lipinski definition) is 1. The fraction of sp³-hybridized carbons (Fsp3) is 0.357. The van der Waals surface area contributed by atoms with Crippen molar-refractivity contribution in [3.63, 3.8) is 0 Å². The summed E-state index contributed by atoms with van der Waals surface area (Å²) < 4.78 is 27.4. The number of fused-ring (bicyclic) bond motifs is 1. The molecule has 134 valence electrons. The quantitative estimate of drug-likeness (QED) is 0.665. The van der Waals surface area contributed by atoms with Crippen LogP contribution < -0.4 is 5.56 Å². The van der Waals surface area contributed by atoms with Crippen molar-refractivity contribution in [3.05, 3.63) is 40.4 Å². The predicted octanol–water partition coefficient (Wildman–Crippen LogP) is 0.570. The second-order valence-corrected chi connectivity index (χ2v) is 6.77. The third kappa shape index (κ3) is 4.90. The predicted molar refractivity (Wildman–Crippen MR) is 90.8 cm³/mol. The topological polar surface area (TPSA) is 132 Å². The van der Waals surface area contributed by atoms with Crippen molar-refractivity contribution in [2.75, 3.05) is 6.26 Å². The Morgan fingerprint density at radius 2 is 2.00 bits per heavy atom. The van der Waals surface area contributed by atoms with Crippen molar-refractivity contribution in [2.45, 2.75) is 26.8 Å². The number of pyridine rings is 1. The van der Waals surface area contributed by atoms with Gasteiger partial charge in [-0.3, -0.25) is 13.7 Å². The normalized spacial score (nSPS) is 11.2. The van der Waals surface area contributed by atoms with Gasteiger partial charge in [-0.25, -0.2) is 4.98 Å². The maximum atomic E-state index is 12.5. The summed E-state index contributed by atoms with van der Waals surface area (Å²) in [5.74, 6) is 0.312. The Morgan fingerprint density at radius 1 is 1.32 bits per heavy atom. The Hall–Kier alpha value is -2.66. The van der Waals surface area contributed by atoms with Crippen LogP contribution in [0.1, 0.15) is 18.9 Å². The van der Waals surface area contributed by atoms with Gasteiger partial charge in [-0.2, -0.15) is 13.2 Å². The highest BCUT2D eigenvalue weighted by Gasteiger charge is 2.13. The van der Waals surface area contributed by atoms with Gasteiger partial charge in [-0.05, 0) is 30.2 Å². The van der Waals surface area contributed by atoms with E-state index in [9.17, 15) is 13.2 Å². The molecule has 0 saturated carbocycles. The zero-order valence-electron chi connectivity index (χ0n) is 14.0. The highest BCUT2D eigenvalue weighted by molar-refractivity contribution is 7.85. The second-order valence-electron chi connectivity index (χ2n) is 5.30. The zero-order valence-corrected chi connectivity index (χ0v) is 14.8. The first-order valence-electron chi connectivity index (χ1n) is 7.38. The average Bonchev–Trinajstić information content (AvgIpc) is 2.96. The fourth-order valence-electron chi connectivity index (χ4n) is 2.05. The van der Waals surface area contributed by atoms with Gasteiger partial charge < -0.3 is 0 Å². The summed E-state index contributed by atoms with van der Waals surface area (Å²) >= 11 is 0. The van der Waals surface area contributed by atoms with E-state index in [1.165, 1.54) is 15.4 Å². The summed E-state index contributed by atoms with van der Waals surface area (Å²) in [6.07, 6.45) is 4.83. The summed E-state index contributed by atoms with van der Waals surface area (Å²) in [6, 6.07) is 3.73. The molecule has 0 amide bonds. The van der Waals surface area contributed by atoms with Gasteiger partial charge in [0.15, 0.2) is 0 Å². The molecule has 3 aromatic heterocycles. The van der Waals surface area contributed by atoms with E-state index in [0.717, 1.165) is 12.0 Å². The van der Waals surface area contributed by atoms with E-state index >= 15 is 0 Å². The highest BCUT2D eigenvalue weighted by Crippen LogP contribution is 2.10. The molecular formula is C14H18N6O4S. The summed E-state index contributed by atoms with van der Waals surface area (Å²) in [6.45, 7) is 4.62. The summed E-state index contributed by atoms with van der Waals surface area (Å²) in [5.41, 5.74) is 1.76. The van der Waals surface area contributed by atoms with Crippen LogP contribution >= 0.6 is 0 Å². The van der Waals surface area contributed by atoms with E-state index in [1.807, 2.05) is 26.0 Å². The number of nitrogens with zero attached hydrogens (tertiary/aromatic N) is 6. The third-order valence-electron chi connectivity index (χ3n) is 3.04. The molecule has 25 heavy (non-hydrogen) atoms. The van der Waals surface area contributed by atoms with Crippen LogP contribution in [0.5, 0.6) is 0 Å². The van der Waals surface area contributed by atoms with Gasteiger partial charge in [-0.15, -0.1) is 10.2 Å². The number of hydrogen-bond acceptors (Lipinski definition) is 7. The average molecular weight is 366 g/mol. The summed E-state index contributed by atoms with van der Waals surface area (Å²) in [7, 11) is -3.67. The van der Waals surface area contributed by atoms with Gasteiger partial charge in [0.2, 0.25) is 5.82 Å². The molecule has 0 aliphatic carbocycles. The van der Waals surface area contributed by atoms with Crippen LogP contribution in [0.25, 0.3) is 17.0 Å². The number of rotatable bonds is 3. The first-order valence-corrected chi connectivity index (χ1v) is 9.23. The lowest BCUT2D eigenvalue weighted by molar-refractivity contribution is 0.490. The van der Waals surface area contributed by atoms with E-state index in [2.05, 4.69) is 20.4 Å². The van der Waals surface area contributed by atoms with Gasteiger partial charge in [0.05, 0.1) is 12.8 Å². The van der Waals surface area contributed by atoms with Crippen LogP contribution in [0.15, 0.2) is 29.3 Å². The van der Waals surface area contributed by atoms with Crippen LogP contribution in [0.4, 0.5) is 0 Å². The van der Waals surface area contributed by atoms with E-state index in [0.29, 0.717) is 29.8 Å². The SMILES string of the molecule is CCCn1nnc(-c2cnc3c(C)cccn3c2=O)n1.CS(=O)(=O)O. The molecule has 3 aromatic rings. The molecule has 0 spiro atoms. The van der Waals surface area contributed by atoms with Gasteiger partial charge in [0, 0.05) is 12.4 Å². The molecule has 0 radical (unpaired) electrons. The monoisotopic (exact) mass is 366 g/mol. The number of aromatic nitrogens is 6. The van der Waals surface area contributed by atoms with Crippen LogP contribution in [0.2, 0.25) is 0 Å². The Labute approximate surface area is 143 Å². The lowest BCUT2D eigenvalue weighted by Gasteiger charge is -2.03. The van der Waals surface area contributed by atoms with Gasteiger partial charge in [0.25, 0.3) is 15.7 Å². The molecule has 0 unspecified atom stereocenters. The number of tetrazole rings is 1. The minimum atomic E-state index is -3.67. The van der Waals surface area contributed by atoms with Crippen molar-refractivity contribution >= 4 is 15.8 Å². The minimum Gasteiger partial charge on any atom is -0.286 e. The first kappa shape index (κ1) is 18.7. The van der Waals surface area contributed by atoms with Gasteiger partial charge >= 0.3 is 0 Å². The van der Waals surface area contributed by atoms with Gasteiger partial charge in [0.1, 0.15) is 11.2 Å². The van der Waals surface area contributed by atoms with Gasteiger partial charge in [-0.1, -0.05) is 13.0 Å². The fourth-order valence-corrected chi connectivity index (χ4v) is 2.05. The van der Waals surface area contributed by atoms with Crippen LogP contribution in [0.3, 0.4) is 0 Å². The van der Waals surface area contributed by atoms with Crippen molar-refractivity contribution in [2.24, 2.45) is 0 Å². The Morgan fingerprint density at radius 3 is 2.64 bits per heavy atom. The lowest BCUT2D eigenvalue weighted by Crippen LogP contribution is -2.17. The van der Waals surface area contributed by atoms with Crippen LogP contribution in [-0.4, -0.2) is 48.8 Å². The first-order chi connectivity index (χ1) is 11.7. The molecule has 3 rings (SSSR count). The minimum absolute atomic E-state index is 0.185. The highest BCUT2D eigenvalue weighted by atomic mass is 32.2. The van der Waals surface area contributed by atoms with E-state index in [1.54, 1.807) is 6.20 Å². The molecule has 0 aromatic carbocycles. The van der Waals surface area contributed by atoms with Crippen molar-refractivity contribution < 1.29 is 13.0 Å². The van der Waals surface area contributed by atoms with E-state index in [4.69, 9.17) is 4.55 Å². The lowest BCUT2D eigenvalue weighted by atomic mass is 10.2. The van der Waals surface area contributed by atoms with Crippen LogP contribution in [-0.2, 0) is 16.7 Å². The Kier molecular flexibility index (Phi) is 5.59. The van der Waals surface area contributed by atoms with Crippen molar-refractivity contribution in [3.8, 4) is 11.4 Å². The molecule has 0 fully saturated rings. The molecule has 0 aliphatic heterocycles. The standard InChI is InChI=1S/C13H14N6O.CH4O3S/c1-3-6-19-16-11(15-17-19)10-8-14-12-9(2)5-4-7-18(12)13(10)20;1-5(2,3)4/h4-5,7-8H,3,6H2,1-2H3;1H3,(H,2,3,4). The Balaban J connectivity index is 0.000000399. The number of aryl methyl sites for hydroxylation is 2. The van der Waals surface area contributed by atoms with E-state index < -0.39 is 10.1 Å². The van der Waals surface area contributed by atoms with Crippen molar-refractivity contribution in [1.82, 2.24) is 29.6 Å². The largest absolute Gasteiger partial charge is 0.286 e. The zero-order chi connectivity index (χ0) is 18.6. The van der Waals surface area contributed by atoms with Crippen LogP contribution in [0, 0.1) is 6.92 Å². The molecule has 3 heterocycles. The molecule has 10 nitrogen and oxygen atoms in total. The van der Waals surface area contributed by atoms with Crippen molar-refractivity contribution in [1.29, 1.82) is 0 Å². The smallest absolute Gasteiger partial charge is 0.269 e. The molecule has 0 atom stereocenters. The maximum Gasteiger partial charge on any atom is 0.269 e. The summed E-state index contributed by atoms with van der Waals surface area (Å²) in [5, 5.41) is 12.0. The third-order valence-corrected chi connectivity index (χ3v) is 3.04. The van der Waals surface area contributed by atoms with E-state index in [-0.39, 0.29) is 5.56 Å². The molecular weight excluding hydrogens is 348 g/mol. The molecule has 0 bridgehead atoms.